The van der Waals surface area contributed by atoms with Crippen LogP contribution in [0.3, 0.4) is 0 Å². The van der Waals surface area contributed by atoms with Gasteiger partial charge in [-0.05, 0) is 104 Å². The van der Waals surface area contributed by atoms with Gasteiger partial charge in [-0.3, -0.25) is 0 Å². The lowest BCUT2D eigenvalue weighted by atomic mass is 9.92. The summed E-state index contributed by atoms with van der Waals surface area (Å²) in [5, 5.41) is 7.42. The number of aromatic nitrogens is 1. The number of benzene rings is 11. The van der Waals surface area contributed by atoms with E-state index < -0.39 is 0 Å². The molecule has 2 nitrogen and oxygen atoms in total. The van der Waals surface area contributed by atoms with Crippen molar-refractivity contribution in [1.29, 1.82) is 0 Å². The van der Waals surface area contributed by atoms with Crippen molar-refractivity contribution in [2.24, 2.45) is 0 Å². The summed E-state index contributed by atoms with van der Waals surface area (Å²) in [5.74, 6) is 0. The first kappa shape index (κ1) is 37.3. The Hall–Kier alpha value is -8.46. The summed E-state index contributed by atoms with van der Waals surface area (Å²) in [4.78, 5) is 2.42. The Bertz CT molecular complexity index is 3590. The zero-order valence-electron chi connectivity index (χ0n) is 35.1. The molecular weight excluding hydrogens is 773 g/mol. The van der Waals surface area contributed by atoms with Crippen molar-refractivity contribution in [3.63, 3.8) is 0 Å². The molecule has 0 saturated carbocycles. The van der Waals surface area contributed by atoms with E-state index in [2.05, 4.69) is 264 Å². The van der Waals surface area contributed by atoms with Crippen molar-refractivity contribution in [2.45, 2.75) is 0 Å². The van der Waals surface area contributed by atoms with Gasteiger partial charge in [0.1, 0.15) is 0 Å². The third-order valence-corrected chi connectivity index (χ3v) is 12.8. The molecule has 64 heavy (non-hydrogen) atoms. The number of rotatable bonds is 8. The molecule has 0 aliphatic heterocycles. The fourth-order valence-electron chi connectivity index (χ4n) is 9.79. The quantitative estimate of drug-likeness (QED) is 0.148. The predicted octanol–water partition coefficient (Wildman–Crippen LogP) is 17.2. The van der Waals surface area contributed by atoms with Crippen molar-refractivity contribution >= 4 is 60.4 Å². The highest BCUT2D eigenvalue weighted by atomic mass is 15.1. The molecule has 0 amide bonds. The van der Waals surface area contributed by atoms with Crippen molar-refractivity contribution < 1.29 is 0 Å². The van der Waals surface area contributed by atoms with Crippen LogP contribution in [0.1, 0.15) is 0 Å². The lowest BCUT2D eigenvalue weighted by molar-refractivity contribution is 1.18. The number of para-hydroxylation sites is 3. The molecule has 0 fully saturated rings. The maximum Gasteiger partial charge on any atom is 0.0541 e. The van der Waals surface area contributed by atoms with E-state index in [1.807, 2.05) is 0 Å². The molecule has 11 aromatic carbocycles. The second-order valence-electron chi connectivity index (χ2n) is 16.5. The molecule has 12 rings (SSSR count). The Balaban J connectivity index is 0.999. The topological polar surface area (TPSA) is 8.17 Å². The SMILES string of the molecule is c1ccc(-c2cc(N(c3ccc(-c4ccc(-c5cccc6ccccc56)cc4)cc3)c3cccc4ccccc34)ccc2-c2ccccc2-n2c3ccccc3c3ccccc32)cc1. The standard InChI is InChI=1S/C62H42N2/c1-2-16-47(17-3-1)58-42-50(40-41-54(58)55-24-8-11-28-60(55)64-61-29-12-9-25-56(61)57-26-10-13-30-62(57)64)63(59-31-15-21-46-19-5-7-23-53(46)59)49-38-36-44(37-39-49)43-32-34-48(35-33-43)52-27-14-20-45-18-4-6-22-51(45)52/h1-42H. The number of hydrogen-bond acceptors (Lipinski definition) is 1. The van der Waals surface area contributed by atoms with Crippen LogP contribution >= 0.6 is 0 Å². The Kier molecular flexibility index (Phi) is 9.20. The summed E-state index contributed by atoms with van der Waals surface area (Å²) >= 11 is 0. The minimum Gasteiger partial charge on any atom is -0.310 e. The third kappa shape index (κ3) is 6.44. The zero-order valence-corrected chi connectivity index (χ0v) is 35.1. The van der Waals surface area contributed by atoms with Gasteiger partial charge >= 0.3 is 0 Å². The van der Waals surface area contributed by atoms with Gasteiger partial charge in [-0.1, -0.05) is 206 Å². The average molecular weight is 815 g/mol. The molecule has 300 valence electrons. The molecule has 0 spiro atoms. The van der Waals surface area contributed by atoms with Crippen LogP contribution in [0, 0.1) is 0 Å². The fraction of sp³-hybridized carbons (Fsp3) is 0. The molecule has 0 unspecified atom stereocenters. The summed E-state index contributed by atoms with van der Waals surface area (Å²) in [6.45, 7) is 0. The smallest absolute Gasteiger partial charge is 0.0541 e. The molecule has 0 saturated heterocycles. The van der Waals surface area contributed by atoms with Crippen LogP contribution in [0.4, 0.5) is 17.1 Å². The Labute approximate surface area is 373 Å². The first-order valence-electron chi connectivity index (χ1n) is 22.0. The zero-order chi connectivity index (χ0) is 42.4. The highest BCUT2D eigenvalue weighted by Gasteiger charge is 2.21. The molecule has 0 radical (unpaired) electrons. The summed E-state index contributed by atoms with van der Waals surface area (Å²) in [6.07, 6.45) is 0. The van der Waals surface area contributed by atoms with E-state index in [9.17, 15) is 0 Å². The van der Waals surface area contributed by atoms with Crippen LogP contribution in [0.2, 0.25) is 0 Å². The molecule has 1 heterocycles. The summed E-state index contributed by atoms with van der Waals surface area (Å²) in [7, 11) is 0. The van der Waals surface area contributed by atoms with Gasteiger partial charge in [0, 0.05) is 33.1 Å². The molecular formula is C62H42N2. The second kappa shape index (κ2) is 15.8. The van der Waals surface area contributed by atoms with E-state index in [0.29, 0.717) is 0 Å². The molecule has 0 aliphatic rings. The molecule has 0 atom stereocenters. The van der Waals surface area contributed by atoms with Crippen LogP contribution < -0.4 is 4.90 Å². The van der Waals surface area contributed by atoms with Gasteiger partial charge in [0.25, 0.3) is 0 Å². The van der Waals surface area contributed by atoms with Crippen LogP contribution in [0.5, 0.6) is 0 Å². The molecule has 0 N–H and O–H groups in total. The van der Waals surface area contributed by atoms with Gasteiger partial charge < -0.3 is 9.47 Å². The van der Waals surface area contributed by atoms with Crippen molar-refractivity contribution in [3.8, 4) is 50.2 Å². The molecule has 2 heteroatoms. The van der Waals surface area contributed by atoms with Crippen LogP contribution in [-0.2, 0) is 0 Å². The number of hydrogen-bond donors (Lipinski definition) is 0. The van der Waals surface area contributed by atoms with E-state index in [1.165, 1.54) is 82.3 Å². The third-order valence-electron chi connectivity index (χ3n) is 12.8. The number of anilines is 3. The first-order chi connectivity index (χ1) is 31.8. The molecule has 1 aromatic heterocycles. The maximum absolute atomic E-state index is 2.43. The largest absolute Gasteiger partial charge is 0.310 e. The second-order valence-corrected chi connectivity index (χ2v) is 16.5. The molecule has 0 aliphatic carbocycles. The summed E-state index contributed by atoms with van der Waals surface area (Å²) in [6, 6.07) is 92.7. The van der Waals surface area contributed by atoms with Gasteiger partial charge in [0.15, 0.2) is 0 Å². The summed E-state index contributed by atoms with van der Waals surface area (Å²) in [5.41, 5.74) is 16.3. The van der Waals surface area contributed by atoms with Crippen molar-refractivity contribution in [1.82, 2.24) is 4.57 Å². The van der Waals surface area contributed by atoms with E-state index in [4.69, 9.17) is 0 Å². The monoisotopic (exact) mass is 814 g/mol. The highest BCUT2D eigenvalue weighted by Crippen LogP contribution is 2.45. The van der Waals surface area contributed by atoms with Crippen LogP contribution in [0.15, 0.2) is 255 Å². The van der Waals surface area contributed by atoms with E-state index >= 15 is 0 Å². The van der Waals surface area contributed by atoms with Crippen molar-refractivity contribution in [2.75, 3.05) is 4.90 Å². The minimum absolute atomic E-state index is 1.08. The molecule has 12 aromatic rings. The summed E-state index contributed by atoms with van der Waals surface area (Å²) < 4.78 is 2.43. The van der Waals surface area contributed by atoms with E-state index in [0.717, 1.165) is 28.3 Å². The number of nitrogens with zero attached hydrogens (tertiary/aromatic N) is 2. The normalized spacial score (nSPS) is 11.4. The van der Waals surface area contributed by atoms with Gasteiger partial charge in [-0.25, -0.2) is 0 Å². The highest BCUT2D eigenvalue weighted by molar-refractivity contribution is 6.10. The van der Waals surface area contributed by atoms with E-state index in [1.54, 1.807) is 0 Å². The Morgan fingerprint density at radius 1 is 0.266 bits per heavy atom. The number of fused-ring (bicyclic) bond motifs is 5. The lowest BCUT2D eigenvalue weighted by Crippen LogP contribution is -2.11. The van der Waals surface area contributed by atoms with Gasteiger partial charge in [0.05, 0.1) is 22.4 Å². The van der Waals surface area contributed by atoms with Crippen LogP contribution in [0.25, 0.3) is 93.5 Å². The lowest BCUT2D eigenvalue weighted by Gasteiger charge is -2.28. The van der Waals surface area contributed by atoms with Gasteiger partial charge in [-0.2, -0.15) is 0 Å². The van der Waals surface area contributed by atoms with Gasteiger partial charge in [-0.15, -0.1) is 0 Å². The van der Waals surface area contributed by atoms with Crippen LogP contribution in [-0.4, -0.2) is 4.57 Å². The Morgan fingerprint density at radius 3 is 1.47 bits per heavy atom. The van der Waals surface area contributed by atoms with Gasteiger partial charge in [0.2, 0.25) is 0 Å². The first-order valence-corrected chi connectivity index (χ1v) is 22.0. The van der Waals surface area contributed by atoms with Crippen molar-refractivity contribution in [3.05, 3.63) is 255 Å². The van der Waals surface area contributed by atoms with E-state index in [-0.39, 0.29) is 0 Å². The maximum atomic E-state index is 2.43. The Morgan fingerprint density at radius 2 is 0.750 bits per heavy atom. The fourth-order valence-corrected chi connectivity index (χ4v) is 9.79. The molecule has 0 bridgehead atoms. The average Bonchev–Trinajstić information content (AvgIpc) is 3.71. The predicted molar refractivity (Wildman–Crippen MR) is 272 cm³/mol. The minimum atomic E-state index is 1.08.